The summed E-state index contributed by atoms with van der Waals surface area (Å²) in [4.78, 5) is 26.1. The molecule has 0 atom stereocenters. The molecule has 3 rings (SSSR count). The van der Waals surface area contributed by atoms with Gasteiger partial charge in [-0.25, -0.2) is 0 Å². The lowest BCUT2D eigenvalue weighted by Gasteiger charge is -2.30. The largest absolute Gasteiger partial charge is 0.454 e. The second kappa shape index (κ2) is 8.05. The number of likely N-dealkylation sites (tertiary alicyclic amines) is 1. The number of nitrogens with one attached hydrogen (secondary N) is 1. The molecular formula is C19H24N2O4. The molecule has 1 N–H and O–H groups in total. The number of piperidine rings is 1. The summed E-state index contributed by atoms with van der Waals surface area (Å²) in [5.41, 5.74) is 0.895. The summed E-state index contributed by atoms with van der Waals surface area (Å²) >= 11 is 0. The Hall–Kier alpha value is -2.50. The summed E-state index contributed by atoms with van der Waals surface area (Å²) in [6.07, 6.45) is 5.74. The molecule has 0 radical (unpaired) electrons. The van der Waals surface area contributed by atoms with E-state index < -0.39 is 0 Å². The van der Waals surface area contributed by atoms with E-state index in [4.69, 9.17) is 9.47 Å². The van der Waals surface area contributed by atoms with Crippen LogP contribution in [-0.4, -0.2) is 43.1 Å². The highest BCUT2D eigenvalue weighted by molar-refractivity contribution is 5.92. The van der Waals surface area contributed by atoms with Crippen LogP contribution in [0.15, 0.2) is 24.3 Å². The number of carbonyl (C=O) groups excluding carboxylic acids is 2. The predicted molar refractivity (Wildman–Crippen MR) is 94.2 cm³/mol. The summed E-state index contributed by atoms with van der Waals surface area (Å²) < 4.78 is 10.6. The molecule has 0 aliphatic carbocycles. The van der Waals surface area contributed by atoms with Crippen molar-refractivity contribution >= 4 is 17.9 Å². The van der Waals surface area contributed by atoms with Crippen LogP contribution in [0.2, 0.25) is 0 Å². The van der Waals surface area contributed by atoms with Gasteiger partial charge in [-0.1, -0.05) is 13.0 Å². The molecule has 0 unspecified atom stereocenters. The molecule has 1 fully saturated rings. The Bertz CT molecular complexity index is 663. The molecule has 6 heteroatoms. The lowest BCUT2D eigenvalue weighted by molar-refractivity contribution is -0.132. The van der Waals surface area contributed by atoms with E-state index in [1.807, 2.05) is 25.1 Å². The van der Waals surface area contributed by atoms with E-state index in [-0.39, 0.29) is 24.5 Å². The van der Waals surface area contributed by atoms with Crippen LogP contribution in [-0.2, 0) is 9.59 Å². The van der Waals surface area contributed by atoms with Gasteiger partial charge < -0.3 is 19.7 Å². The minimum absolute atomic E-state index is 0.0217. The van der Waals surface area contributed by atoms with Crippen molar-refractivity contribution in [1.29, 1.82) is 0 Å². The average molecular weight is 344 g/mol. The van der Waals surface area contributed by atoms with Crippen molar-refractivity contribution in [2.45, 2.75) is 26.2 Å². The fraction of sp³-hybridized carbons (Fsp3) is 0.474. The van der Waals surface area contributed by atoms with Crippen molar-refractivity contribution in [1.82, 2.24) is 10.2 Å². The van der Waals surface area contributed by atoms with Crippen molar-refractivity contribution in [2.75, 3.05) is 26.4 Å². The van der Waals surface area contributed by atoms with Gasteiger partial charge in [-0.2, -0.15) is 0 Å². The zero-order valence-electron chi connectivity index (χ0n) is 14.5. The SMILES string of the molecule is CCCNC(=O)C1CCN(C(=O)/C=C/c2ccc3c(c2)OCO3)CC1. The third-order valence-electron chi connectivity index (χ3n) is 4.54. The van der Waals surface area contributed by atoms with Crippen molar-refractivity contribution in [2.24, 2.45) is 5.92 Å². The van der Waals surface area contributed by atoms with Gasteiger partial charge in [0.25, 0.3) is 0 Å². The summed E-state index contributed by atoms with van der Waals surface area (Å²) in [5, 5.41) is 2.93. The third kappa shape index (κ3) is 4.32. The van der Waals surface area contributed by atoms with Gasteiger partial charge in [0.2, 0.25) is 18.6 Å². The zero-order chi connectivity index (χ0) is 17.6. The minimum Gasteiger partial charge on any atom is -0.454 e. The van der Waals surface area contributed by atoms with Crippen molar-refractivity contribution in [3.05, 3.63) is 29.8 Å². The molecule has 2 heterocycles. The monoisotopic (exact) mass is 344 g/mol. The normalized spacial score (nSPS) is 17.1. The molecule has 0 bridgehead atoms. The van der Waals surface area contributed by atoms with Crippen LogP contribution in [0.5, 0.6) is 11.5 Å². The van der Waals surface area contributed by atoms with Crippen LogP contribution < -0.4 is 14.8 Å². The maximum atomic E-state index is 12.3. The summed E-state index contributed by atoms with van der Waals surface area (Å²) in [5.74, 6) is 1.55. The first-order chi connectivity index (χ1) is 12.2. The van der Waals surface area contributed by atoms with E-state index in [9.17, 15) is 9.59 Å². The Kier molecular flexibility index (Phi) is 5.58. The first-order valence-corrected chi connectivity index (χ1v) is 8.81. The second-order valence-corrected chi connectivity index (χ2v) is 6.34. The molecule has 1 aromatic rings. The van der Waals surface area contributed by atoms with Gasteiger partial charge in [0, 0.05) is 31.6 Å². The zero-order valence-corrected chi connectivity index (χ0v) is 14.5. The number of hydrogen-bond donors (Lipinski definition) is 1. The Labute approximate surface area is 147 Å². The van der Waals surface area contributed by atoms with Crippen LogP contribution in [0, 0.1) is 5.92 Å². The Morgan fingerprint density at radius 2 is 2.00 bits per heavy atom. The lowest BCUT2D eigenvalue weighted by atomic mass is 9.96. The van der Waals surface area contributed by atoms with Gasteiger partial charge in [-0.05, 0) is 43.0 Å². The van der Waals surface area contributed by atoms with Crippen molar-refractivity contribution < 1.29 is 19.1 Å². The number of nitrogens with zero attached hydrogens (tertiary/aromatic N) is 1. The quantitative estimate of drug-likeness (QED) is 0.832. The van der Waals surface area contributed by atoms with Crippen molar-refractivity contribution in [3.63, 3.8) is 0 Å². The van der Waals surface area contributed by atoms with E-state index in [0.717, 1.165) is 37.1 Å². The highest BCUT2D eigenvalue weighted by Gasteiger charge is 2.26. The highest BCUT2D eigenvalue weighted by Crippen LogP contribution is 2.32. The molecule has 1 aromatic carbocycles. The van der Waals surface area contributed by atoms with E-state index in [1.165, 1.54) is 0 Å². The summed E-state index contributed by atoms with van der Waals surface area (Å²) in [7, 11) is 0. The van der Waals surface area contributed by atoms with Crippen molar-refractivity contribution in [3.8, 4) is 11.5 Å². The molecule has 0 saturated carbocycles. The molecule has 6 nitrogen and oxygen atoms in total. The number of carbonyl (C=O) groups is 2. The number of ether oxygens (including phenoxy) is 2. The lowest BCUT2D eigenvalue weighted by Crippen LogP contribution is -2.42. The molecule has 25 heavy (non-hydrogen) atoms. The maximum Gasteiger partial charge on any atom is 0.246 e. The van der Waals surface area contributed by atoms with E-state index in [1.54, 1.807) is 17.1 Å². The molecule has 2 amide bonds. The maximum absolute atomic E-state index is 12.3. The molecule has 0 spiro atoms. The summed E-state index contributed by atoms with van der Waals surface area (Å²) in [6.45, 7) is 4.23. The van der Waals surface area contributed by atoms with E-state index in [0.29, 0.717) is 18.8 Å². The van der Waals surface area contributed by atoms with Crippen LogP contribution in [0.1, 0.15) is 31.7 Å². The van der Waals surface area contributed by atoms with Crippen LogP contribution in [0.4, 0.5) is 0 Å². The number of rotatable bonds is 5. The fourth-order valence-corrected chi connectivity index (χ4v) is 3.04. The average Bonchev–Trinajstić information content (AvgIpc) is 3.12. The van der Waals surface area contributed by atoms with Gasteiger partial charge in [0.05, 0.1) is 0 Å². The predicted octanol–water partition coefficient (Wildman–Crippen LogP) is 2.19. The third-order valence-corrected chi connectivity index (χ3v) is 4.54. The molecule has 0 aromatic heterocycles. The topological polar surface area (TPSA) is 67.9 Å². The Morgan fingerprint density at radius 3 is 2.76 bits per heavy atom. The van der Waals surface area contributed by atoms with E-state index in [2.05, 4.69) is 5.32 Å². The summed E-state index contributed by atoms with van der Waals surface area (Å²) in [6, 6.07) is 5.59. The highest BCUT2D eigenvalue weighted by atomic mass is 16.7. The minimum atomic E-state index is -0.0231. The standard InChI is InChI=1S/C19H24N2O4/c1-2-9-20-19(23)15-7-10-21(11-8-15)18(22)6-4-14-3-5-16-17(12-14)25-13-24-16/h3-6,12,15H,2,7-11,13H2,1H3,(H,20,23)/b6-4+. The molecule has 2 aliphatic rings. The number of amides is 2. The van der Waals surface area contributed by atoms with Crippen LogP contribution in [0.3, 0.4) is 0 Å². The Morgan fingerprint density at radius 1 is 1.24 bits per heavy atom. The number of fused-ring (bicyclic) bond motifs is 1. The number of hydrogen-bond acceptors (Lipinski definition) is 4. The first-order valence-electron chi connectivity index (χ1n) is 8.81. The van der Waals surface area contributed by atoms with Gasteiger partial charge in [-0.15, -0.1) is 0 Å². The van der Waals surface area contributed by atoms with Crippen LogP contribution in [0.25, 0.3) is 6.08 Å². The van der Waals surface area contributed by atoms with Gasteiger partial charge in [-0.3, -0.25) is 9.59 Å². The Balaban J connectivity index is 1.50. The van der Waals surface area contributed by atoms with Crippen LogP contribution >= 0.6 is 0 Å². The van der Waals surface area contributed by atoms with E-state index >= 15 is 0 Å². The molecular weight excluding hydrogens is 320 g/mol. The fourth-order valence-electron chi connectivity index (χ4n) is 3.04. The molecule has 1 saturated heterocycles. The number of benzene rings is 1. The van der Waals surface area contributed by atoms with Gasteiger partial charge in [0.15, 0.2) is 11.5 Å². The molecule has 134 valence electrons. The molecule has 2 aliphatic heterocycles. The second-order valence-electron chi connectivity index (χ2n) is 6.34. The van der Waals surface area contributed by atoms with Gasteiger partial charge >= 0.3 is 0 Å². The smallest absolute Gasteiger partial charge is 0.246 e. The van der Waals surface area contributed by atoms with Gasteiger partial charge in [0.1, 0.15) is 0 Å². The first kappa shape index (κ1) is 17.3.